The smallest absolute Gasteiger partial charge is 0.408 e. The molecule has 7 atom stereocenters. The highest BCUT2D eigenvalue weighted by Crippen LogP contribution is 2.37. The van der Waals surface area contributed by atoms with E-state index in [1.54, 1.807) is 91.8 Å². The number of nitrogens with two attached hydrogens (primary N) is 1. The van der Waals surface area contributed by atoms with Crippen molar-refractivity contribution < 1.29 is 56.9 Å². The third kappa shape index (κ3) is 18.9. The molecule has 2 aromatic heterocycles. The van der Waals surface area contributed by atoms with Crippen LogP contribution in [0.15, 0.2) is 64.2 Å². The molecule has 0 bridgehead atoms. The topological polar surface area (TPSA) is 309 Å². The number of halogens is 1. The molecule has 0 saturated carbocycles. The largest absolute Gasteiger partial charge is 0.490 e. The Labute approximate surface area is 458 Å². The second-order valence-electron chi connectivity index (χ2n) is 20.1. The molecule has 414 valence electrons. The number of alkyl carbamates (subject to hydrolysis) is 2. The number of amides is 4. The molecule has 21 nitrogen and oxygen atoms in total. The first-order valence-electron chi connectivity index (χ1n) is 24.8. The van der Waals surface area contributed by atoms with Crippen molar-refractivity contribution in [3.8, 4) is 40.5 Å². The van der Waals surface area contributed by atoms with Crippen molar-refractivity contribution >= 4 is 65.1 Å². The van der Waals surface area contributed by atoms with E-state index in [4.69, 9.17) is 45.4 Å². The van der Waals surface area contributed by atoms with Crippen LogP contribution in [0.2, 0.25) is 5.02 Å². The molecule has 0 fully saturated rings. The summed E-state index contributed by atoms with van der Waals surface area (Å²) in [4.78, 5) is 88.4. The maximum absolute atomic E-state index is 13.7. The van der Waals surface area contributed by atoms with Gasteiger partial charge in [-0.2, -0.15) is 10.5 Å². The van der Waals surface area contributed by atoms with Gasteiger partial charge in [0.15, 0.2) is 6.10 Å². The van der Waals surface area contributed by atoms with Crippen LogP contribution in [0.3, 0.4) is 0 Å². The Morgan fingerprint density at radius 1 is 0.714 bits per heavy atom. The molecule has 23 heteroatoms. The first-order chi connectivity index (χ1) is 36.2. The lowest BCUT2D eigenvalue weighted by molar-refractivity contribution is -0.163. The molecule has 0 spiro atoms. The normalized spacial score (nSPS) is 14.1. The van der Waals surface area contributed by atoms with Gasteiger partial charge < -0.3 is 55.1 Å². The average molecular weight is 1100 g/mol. The second-order valence-corrected chi connectivity index (χ2v) is 21.5. The van der Waals surface area contributed by atoms with Crippen molar-refractivity contribution in [2.45, 2.75) is 148 Å². The molecule has 0 unspecified atom stereocenters. The molecular formula is C54H68ClN9O12S. The quantitative estimate of drug-likeness (QED) is 0.0264. The monoisotopic (exact) mass is 1100 g/mol. The number of nitrogens with zero attached hydrogens (tertiary/aromatic N) is 4. The maximum atomic E-state index is 13.7. The van der Waals surface area contributed by atoms with E-state index < -0.39 is 90.6 Å². The number of rotatable bonds is 23. The number of nitrogens with one attached hydrogen (secondary N) is 4. The number of pyridine rings is 1. The van der Waals surface area contributed by atoms with E-state index in [2.05, 4.69) is 43.4 Å². The summed E-state index contributed by atoms with van der Waals surface area (Å²) < 4.78 is 33.7. The van der Waals surface area contributed by atoms with Crippen LogP contribution in [-0.4, -0.2) is 101 Å². The molecule has 0 saturated heterocycles. The summed E-state index contributed by atoms with van der Waals surface area (Å²) in [6.07, 6.45) is -0.482. The summed E-state index contributed by atoms with van der Waals surface area (Å²) in [7, 11) is 0. The maximum Gasteiger partial charge on any atom is 0.408 e. The van der Waals surface area contributed by atoms with Crippen LogP contribution in [0.5, 0.6) is 5.75 Å². The lowest BCUT2D eigenvalue weighted by Gasteiger charge is -2.28. The predicted octanol–water partition coefficient (Wildman–Crippen LogP) is 8.40. The van der Waals surface area contributed by atoms with Crippen LogP contribution >= 0.6 is 23.4 Å². The second kappa shape index (κ2) is 28.0. The van der Waals surface area contributed by atoms with E-state index in [1.165, 1.54) is 44.0 Å². The van der Waals surface area contributed by atoms with Crippen LogP contribution in [0.4, 0.5) is 15.4 Å². The fraction of sp³-hybridized carbons (Fsp3) is 0.481. The summed E-state index contributed by atoms with van der Waals surface area (Å²) in [5.74, 6) is -3.23. The van der Waals surface area contributed by atoms with Crippen molar-refractivity contribution in [3.05, 3.63) is 76.6 Å². The number of carbonyl (C=O) groups is 6. The Balaban J connectivity index is 1.55. The molecule has 0 aliphatic heterocycles. The predicted molar refractivity (Wildman–Crippen MR) is 287 cm³/mol. The van der Waals surface area contributed by atoms with Gasteiger partial charge in [-0.25, -0.2) is 29.1 Å². The lowest BCUT2D eigenvalue weighted by atomic mass is 9.97. The van der Waals surface area contributed by atoms with Crippen LogP contribution < -0.4 is 31.7 Å². The number of nitrogen functional groups attached to an aromatic ring is 1. The van der Waals surface area contributed by atoms with Crippen molar-refractivity contribution in [2.75, 3.05) is 18.9 Å². The van der Waals surface area contributed by atoms with Crippen LogP contribution in [0.1, 0.15) is 113 Å². The molecule has 4 rings (SSSR count). The molecule has 2 heterocycles. The van der Waals surface area contributed by atoms with Crippen LogP contribution in [-0.2, 0) is 43.9 Å². The fourth-order valence-electron chi connectivity index (χ4n) is 7.02. The van der Waals surface area contributed by atoms with E-state index in [-0.39, 0.29) is 50.9 Å². The van der Waals surface area contributed by atoms with Gasteiger partial charge in [0.05, 0.1) is 11.3 Å². The van der Waals surface area contributed by atoms with Gasteiger partial charge in [0.2, 0.25) is 17.7 Å². The molecule has 2 aromatic carbocycles. The number of esters is 2. The summed E-state index contributed by atoms with van der Waals surface area (Å²) in [6.45, 7) is 19.0. The van der Waals surface area contributed by atoms with Crippen molar-refractivity contribution in [2.24, 2.45) is 11.8 Å². The summed E-state index contributed by atoms with van der Waals surface area (Å²) in [5, 5.41) is 31.7. The minimum atomic E-state index is -1.32. The van der Waals surface area contributed by atoms with Crippen LogP contribution in [0, 0.1) is 34.5 Å². The Morgan fingerprint density at radius 3 is 1.71 bits per heavy atom. The van der Waals surface area contributed by atoms with Gasteiger partial charge in [-0.3, -0.25) is 9.59 Å². The zero-order valence-corrected chi connectivity index (χ0v) is 46.9. The molecular weight excluding hydrogens is 1030 g/mol. The first kappa shape index (κ1) is 62.0. The lowest BCUT2D eigenvalue weighted by Crippen LogP contribution is -2.55. The van der Waals surface area contributed by atoms with Gasteiger partial charge in [0.1, 0.15) is 89.1 Å². The summed E-state index contributed by atoms with van der Waals surface area (Å²) >= 11 is 7.20. The van der Waals surface area contributed by atoms with Crippen molar-refractivity contribution in [1.82, 2.24) is 31.2 Å². The van der Waals surface area contributed by atoms with Crippen molar-refractivity contribution in [3.63, 3.8) is 0 Å². The molecule has 6 N–H and O–H groups in total. The van der Waals surface area contributed by atoms with E-state index >= 15 is 0 Å². The van der Waals surface area contributed by atoms with Gasteiger partial charge in [-0.1, -0.05) is 76.0 Å². The number of carbonyl (C=O) groups excluding carboxylic acids is 6. The number of aromatic nitrogens is 2. The summed E-state index contributed by atoms with van der Waals surface area (Å²) in [6, 6.07) is 12.7. The van der Waals surface area contributed by atoms with E-state index in [1.807, 2.05) is 13.8 Å². The van der Waals surface area contributed by atoms with Gasteiger partial charge in [-0.05, 0) is 109 Å². The number of hydrogen-bond donors (Lipinski definition) is 5. The van der Waals surface area contributed by atoms with E-state index in [9.17, 15) is 39.3 Å². The van der Waals surface area contributed by atoms with Crippen LogP contribution in [0.25, 0.3) is 22.6 Å². The third-order valence-corrected chi connectivity index (χ3v) is 12.7. The molecule has 0 aliphatic carbocycles. The molecule has 0 radical (unpaired) electrons. The molecule has 4 amide bonds. The number of benzene rings is 2. The minimum Gasteiger partial charge on any atom is -0.490 e. The van der Waals surface area contributed by atoms with Gasteiger partial charge in [0.25, 0.3) is 0 Å². The molecule has 4 aromatic rings. The van der Waals surface area contributed by atoms with Gasteiger partial charge >= 0.3 is 24.1 Å². The molecule has 0 aliphatic rings. The van der Waals surface area contributed by atoms with Crippen molar-refractivity contribution in [1.29, 1.82) is 10.5 Å². The number of nitriles is 2. The third-order valence-electron chi connectivity index (χ3n) is 11.4. The molecule has 77 heavy (non-hydrogen) atoms. The Kier molecular flexibility index (Phi) is 22.5. The first-order valence-corrected chi connectivity index (χ1v) is 26.2. The zero-order valence-electron chi connectivity index (χ0n) is 45.3. The highest BCUT2D eigenvalue weighted by atomic mass is 35.5. The Hall–Kier alpha value is -7.56. The standard InChI is InChI=1S/C54H68ClN9O12S/c1-13-29(3)42(62-51(69)75-53(7,8)9)45(65)59-31(5)49(67)73-27-38(74-50(68)32(6)60-46(66)43(30(4)14-2)63-52(70)76-54(10,11)12)26-71-37-21-17-33(18-22-37)41-39(23-56)44(58)64-48(40(41)24-57)77-28-36-25-72-47(61-36)34-15-19-35(55)20-16-34/h15-22,25,29-32,38,42-43H,13-14,26-28H2,1-12H3,(H2,58,64)(H,59,65)(H,60,66)(H,62,69)(H,63,70)/t29-,30-,31-,32-,38-,42-,43-/m0/s1. The van der Waals surface area contributed by atoms with E-state index in [0.717, 1.165) is 0 Å². The number of ether oxygens (including phenoxy) is 5. The highest BCUT2D eigenvalue weighted by molar-refractivity contribution is 7.98. The minimum absolute atomic E-state index is 0.0303. The summed E-state index contributed by atoms with van der Waals surface area (Å²) in [5.41, 5.74) is 6.58. The number of oxazole rings is 1. The van der Waals surface area contributed by atoms with E-state index in [0.29, 0.717) is 40.6 Å². The highest BCUT2D eigenvalue weighted by Gasteiger charge is 2.34. The average Bonchev–Trinajstić information content (AvgIpc) is 3.84. The number of anilines is 1. The van der Waals surface area contributed by atoms with Gasteiger partial charge in [-0.15, -0.1) is 0 Å². The SMILES string of the molecule is CC[C@H](C)[C@H](NC(=O)OC(C)(C)C)C(=O)N[C@@H](C)C(=O)OC[C@H](COc1ccc(-c2c(C#N)c(N)nc(SCc3coc(-c4ccc(Cl)cc4)n3)c2C#N)cc1)OC(=O)[C@H](C)NC(=O)[C@@H](NC(=O)OC(C)(C)C)[C@@H](C)CC. The Bertz CT molecular complexity index is 2800. The zero-order chi connectivity index (χ0) is 57.4. The number of hydrogen-bond acceptors (Lipinski definition) is 18. The Morgan fingerprint density at radius 2 is 1.22 bits per heavy atom. The van der Waals surface area contributed by atoms with Gasteiger partial charge in [0, 0.05) is 21.9 Å². The fourth-order valence-corrected chi connectivity index (χ4v) is 8.02. The number of thioether (sulfide) groups is 1.